The van der Waals surface area contributed by atoms with Crippen molar-refractivity contribution in [1.82, 2.24) is 9.97 Å². The van der Waals surface area contributed by atoms with Gasteiger partial charge < -0.3 is 5.32 Å². The lowest BCUT2D eigenvalue weighted by molar-refractivity contribution is 0.687. The molecular formula is C9H14BrN3OS. The van der Waals surface area contributed by atoms with Crippen molar-refractivity contribution in [3.63, 3.8) is 0 Å². The van der Waals surface area contributed by atoms with Gasteiger partial charge in [0.05, 0.1) is 0 Å². The highest BCUT2D eigenvalue weighted by Gasteiger charge is 2.01. The van der Waals surface area contributed by atoms with E-state index in [1.807, 2.05) is 13.0 Å². The molecule has 0 saturated carbocycles. The lowest BCUT2D eigenvalue weighted by atomic mass is 10.4. The summed E-state index contributed by atoms with van der Waals surface area (Å²) in [6.07, 6.45) is 2.49. The average Bonchev–Trinajstić information content (AvgIpc) is 2.16. The number of nitrogens with one attached hydrogen (secondary N) is 1. The zero-order chi connectivity index (χ0) is 11.3. The van der Waals surface area contributed by atoms with Crippen LogP contribution in [-0.2, 0) is 17.2 Å². The van der Waals surface area contributed by atoms with E-state index in [9.17, 15) is 4.21 Å². The molecule has 0 amide bonds. The highest BCUT2D eigenvalue weighted by atomic mass is 79.9. The molecule has 0 aliphatic carbocycles. The Bertz CT molecular complexity index is 359. The maximum absolute atomic E-state index is 10.9. The van der Waals surface area contributed by atoms with Gasteiger partial charge in [-0.1, -0.05) is 6.92 Å². The van der Waals surface area contributed by atoms with Crippen molar-refractivity contribution < 1.29 is 4.21 Å². The molecule has 6 heteroatoms. The van der Waals surface area contributed by atoms with Crippen LogP contribution in [0.4, 0.5) is 5.82 Å². The smallest absolute Gasteiger partial charge is 0.131 e. The number of halogens is 1. The van der Waals surface area contributed by atoms with Crippen LogP contribution in [0.2, 0.25) is 0 Å². The Hall–Kier alpha value is -0.490. The molecule has 1 aromatic heterocycles. The van der Waals surface area contributed by atoms with Crippen LogP contribution in [-0.4, -0.2) is 32.7 Å². The van der Waals surface area contributed by atoms with E-state index in [4.69, 9.17) is 0 Å². The monoisotopic (exact) mass is 291 g/mol. The summed E-state index contributed by atoms with van der Waals surface area (Å²) < 4.78 is 11.6. The minimum Gasteiger partial charge on any atom is -0.369 e. The second-order valence-corrected chi connectivity index (χ2v) is 5.42. The topological polar surface area (TPSA) is 54.9 Å². The normalized spacial score (nSPS) is 12.5. The first-order valence-corrected chi connectivity index (χ1v) is 7.21. The first kappa shape index (κ1) is 12.6. The lowest BCUT2D eigenvalue weighted by Gasteiger charge is -2.06. The molecule has 4 nitrogen and oxygen atoms in total. The zero-order valence-corrected chi connectivity index (χ0v) is 11.2. The van der Waals surface area contributed by atoms with Gasteiger partial charge in [0.15, 0.2) is 0 Å². The molecule has 0 fully saturated rings. The van der Waals surface area contributed by atoms with Crippen LogP contribution in [0, 0.1) is 0 Å². The molecule has 0 bridgehead atoms. The average molecular weight is 292 g/mol. The summed E-state index contributed by atoms with van der Waals surface area (Å²) in [5.74, 6) is 2.20. The van der Waals surface area contributed by atoms with Crippen molar-refractivity contribution in [2.24, 2.45) is 0 Å². The van der Waals surface area contributed by atoms with Gasteiger partial charge in [-0.25, -0.2) is 9.97 Å². The number of nitrogens with zero attached hydrogens (tertiary/aromatic N) is 2. The van der Waals surface area contributed by atoms with Crippen LogP contribution in [0.15, 0.2) is 10.7 Å². The third kappa shape index (κ3) is 4.70. The van der Waals surface area contributed by atoms with E-state index in [-0.39, 0.29) is 0 Å². The summed E-state index contributed by atoms with van der Waals surface area (Å²) in [5.41, 5.74) is 0. The molecule has 0 saturated heterocycles. The van der Waals surface area contributed by atoms with Crippen LogP contribution >= 0.6 is 15.9 Å². The number of aromatic nitrogens is 2. The summed E-state index contributed by atoms with van der Waals surface area (Å²) in [5, 5.41) is 3.12. The van der Waals surface area contributed by atoms with Gasteiger partial charge >= 0.3 is 0 Å². The molecule has 84 valence electrons. The predicted molar refractivity (Wildman–Crippen MR) is 66.5 cm³/mol. The van der Waals surface area contributed by atoms with Crippen LogP contribution in [0.5, 0.6) is 0 Å². The van der Waals surface area contributed by atoms with Gasteiger partial charge in [0.1, 0.15) is 16.2 Å². The Morgan fingerprint density at radius 1 is 1.53 bits per heavy atom. The fourth-order valence-electron chi connectivity index (χ4n) is 1.04. The Balaban J connectivity index is 2.60. The van der Waals surface area contributed by atoms with E-state index in [0.29, 0.717) is 12.3 Å². The molecule has 1 unspecified atom stereocenters. The third-order valence-corrected chi connectivity index (χ3v) is 2.94. The Kier molecular flexibility index (Phi) is 5.17. The van der Waals surface area contributed by atoms with E-state index >= 15 is 0 Å². The molecule has 0 radical (unpaired) electrons. The summed E-state index contributed by atoms with van der Waals surface area (Å²) >= 11 is 3.32. The standard InChI is InChI=1S/C9H14BrN3OS/c1-3-8-12-7(10)6-9(13-8)11-4-5-15(2)14/h6H,3-5H2,1-2H3,(H,11,12,13). The van der Waals surface area contributed by atoms with E-state index in [0.717, 1.165) is 22.7 Å². The van der Waals surface area contributed by atoms with Gasteiger partial charge in [0.25, 0.3) is 0 Å². The minimum absolute atomic E-state index is 0.628. The van der Waals surface area contributed by atoms with Gasteiger partial charge in [-0.2, -0.15) is 0 Å². The van der Waals surface area contributed by atoms with Crippen molar-refractivity contribution in [2.75, 3.05) is 23.9 Å². The van der Waals surface area contributed by atoms with Crippen LogP contribution < -0.4 is 5.32 Å². The number of hydrogen-bond donors (Lipinski definition) is 1. The van der Waals surface area contributed by atoms with Gasteiger partial charge in [-0.05, 0) is 15.9 Å². The summed E-state index contributed by atoms with van der Waals surface area (Å²) in [6.45, 7) is 2.67. The van der Waals surface area contributed by atoms with Crippen LogP contribution in [0.25, 0.3) is 0 Å². The number of anilines is 1. The van der Waals surface area contributed by atoms with Crippen molar-refractivity contribution in [1.29, 1.82) is 0 Å². The molecule has 1 heterocycles. The van der Waals surface area contributed by atoms with Crippen LogP contribution in [0.3, 0.4) is 0 Å². The van der Waals surface area contributed by atoms with Gasteiger partial charge in [0.2, 0.25) is 0 Å². The third-order valence-electron chi connectivity index (χ3n) is 1.75. The quantitative estimate of drug-likeness (QED) is 0.837. The highest BCUT2D eigenvalue weighted by Crippen LogP contribution is 2.12. The van der Waals surface area contributed by atoms with Crippen LogP contribution in [0.1, 0.15) is 12.7 Å². The fourth-order valence-corrected chi connectivity index (χ4v) is 1.85. The second-order valence-electron chi connectivity index (χ2n) is 3.05. The van der Waals surface area contributed by atoms with Crippen molar-refractivity contribution in [3.8, 4) is 0 Å². The second kappa shape index (κ2) is 6.17. The Morgan fingerprint density at radius 3 is 2.87 bits per heavy atom. The minimum atomic E-state index is -0.769. The SMILES string of the molecule is CCc1nc(Br)cc(NCCS(C)=O)n1. The molecule has 0 aromatic carbocycles. The number of rotatable bonds is 5. The lowest BCUT2D eigenvalue weighted by Crippen LogP contribution is -2.11. The molecule has 1 aromatic rings. The molecule has 0 spiro atoms. The van der Waals surface area contributed by atoms with Crippen molar-refractivity contribution >= 4 is 32.5 Å². The molecule has 1 atom stereocenters. The van der Waals surface area contributed by atoms with Gasteiger partial charge in [-0.15, -0.1) is 0 Å². The molecule has 15 heavy (non-hydrogen) atoms. The number of aryl methyl sites for hydroxylation is 1. The maximum Gasteiger partial charge on any atom is 0.131 e. The predicted octanol–water partition coefficient (Wildman–Crippen LogP) is 1.59. The first-order chi connectivity index (χ1) is 7.11. The number of hydrogen-bond acceptors (Lipinski definition) is 4. The van der Waals surface area contributed by atoms with Gasteiger partial charge in [0, 0.05) is 41.8 Å². The molecule has 1 N–H and O–H groups in total. The van der Waals surface area contributed by atoms with Crippen molar-refractivity contribution in [2.45, 2.75) is 13.3 Å². The van der Waals surface area contributed by atoms with E-state index in [2.05, 4.69) is 31.2 Å². The Labute approximate surface area is 100 Å². The Morgan fingerprint density at radius 2 is 2.27 bits per heavy atom. The van der Waals surface area contributed by atoms with Crippen molar-refractivity contribution in [3.05, 3.63) is 16.5 Å². The fraction of sp³-hybridized carbons (Fsp3) is 0.556. The molecule has 0 aliphatic rings. The van der Waals surface area contributed by atoms with Gasteiger partial charge in [-0.3, -0.25) is 4.21 Å². The zero-order valence-electron chi connectivity index (χ0n) is 8.79. The van der Waals surface area contributed by atoms with E-state index < -0.39 is 10.8 Å². The molecule has 1 rings (SSSR count). The summed E-state index contributed by atoms with van der Waals surface area (Å²) in [7, 11) is -0.769. The summed E-state index contributed by atoms with van der Waals surface area (Å²) in [4.78, 5) is 8.50. The molecular weight excluding hydrogens is 278 g/mol. The maximum atomic E-state index is 10.9. The summed E-state index contributed by atoms with van der Waals surface area (Å²) in [6, 6.07) is 1.82. The van der Waals surface area contributed by atoms with E-state index in [1.165, 1.54) is 0 Å². The van der Waals surface area contributed by atoms with E-state index in [1.54, 1.807) is 6.26 Å². The largest absolute Gasteiger partial charge is 0.369 e. The highest BCUT2D eigenvalue weighted by molar-refractivity contribution is 9.10. The first-order valence-electron chi connectivity index (χ1n) is 4.69. The molecule has 0 aliphatic heterocycles.